The van der Waals surface area contributed by atoms with Crippen LogP contribution in [0.1, 0.15) is 15.6 Å². The molecule has 0 saturated carbocycles. The molecule has 0 unspecified atom stereocenters. The van der Waals surface area contributed by atoms with Crippen LogP contribution in [0.3, 0.4) is 0 Å². The lowest BCUT2D eigenvalue weighted by molar-refractivity contribution is 0.181. The summed E-state index contributed by atoms with van der Waals surface area (Å²) in [5.41, 5.74) is 0.808. The van der Waals surface area contributed by atoms with Gasteiger partial charge in [0.05, 0.1) is 31.9 Å². The molecular weight excluding hydrogens is 288 g/mol. The molecule has 1 aromatic heterocycles. The normalized spacial score (nSPS) is 10.1. The molecule has 1 aromatic carbocycles. The van der Waals surface area contributed by atoms with Crippen molar-refractivity contribution in [1.29, 1.82) is 5.26 Å². The third-order valence-electron chi connectivity index (χ3n) is 2.76. The van der Waals surface area contributed by atoms with Gasteiger partial charge in [-0.05, 0) is 12.1 Å². The first-order chi connectivity index (χ1) is 10.3. The van der Waals surface area contributed by atoms with Gasteiger partial charge in [0, 0.05) is 12.0 Å². The van der Waals surface area contributed by atoms with Crippen LogP contribution in [0.25, 0.3) is 0 Å². The maximum atomic E-state index is 8.84. The molecule has 2 aromatic rings. The van der Waals surface area contributed by atoms with Gasteiger partial charge in [-0.3, -0.25) is 0 Å². The van der Waals surface area contributed by atoms with E-state index in [1.54, 1.807) is 14.2 Å². The van der Waals surface area contributed by atoms with Gasteiger partial charge >= 0.3 is 0 Å². The van der Waals surface area contributed by atoms with E-state index in [0.29, 0.717) is 31.1 Å². The van der Waals surface area contributed by atoms with Gasteiger partial charge in [-0.25, -0.2) is 4.98 Å². The van der Waals surface area contributed by atoms with Crippen LogP contribution in [-0.2, 0) is 24.4 Å². The Morgan fingerprint density at radius 2 is 1.95 bits per heavy atom. The Morgan fingerprint density at radius 1 is 1.19 bits per heavy atom. The molecule has 0 radical (unpaired) electrons. The van der Waals surface area contributed by atoms with Crippen molar-refractivity contribution in [2.75, 3.05) is 14.2 Å². The summed E-state index contributed by atoms with van der Waals surface area (Å²) in [5.74, 6) is 1.36. The average molecular weight is 304 g/mol. The Bertz CT molecular complexity index is 634. The van der Waals surface area contributed by atoms with Crippen molar-refractivity contribution in [1.82, 2.24) is 4.98 Å². The maximum absolute atomic E-state index is 8.84. The summed E-state index contributed by atoms with van der Waals surface area (Å²) >= 11 is 1.48. The molecular formula is C15H16N2O3S. The Labute approximate surface area is 127 Å². The summed E-state index contributed by atoms with van der Waals surface area (Å²) in [6.45, 7) is 0.745. The van der Waals surface area contributed by atoms with Crippen molar-refractivity contribution < 1.29 is 14.2 Å². The molecule has 5 nitrogen and oxygen atoms in total. The SMILES string of the molecule is COCc1nc(COc2ccccc2OC)sc1CC#N. The van der Waals surface area contributed by atoms with E-state index in [-0.39, 0.29) is 0 Å². The van der Waals surface area contributed by atoms with Crippen LogP contribution in [0.2, 0.25) is 0 Å². The smallest absolute Gasteiger partial charge is 0.161 e. The molecule has 0 amide bonds. The second-order valence-electron chi connectivity index (χ2n) is 4.18. The van der Waals surface area contributed by atoms with Gasteiger partial charge < -0.3 is 14.2 Å². The number of ether oxygens (including phenoxy) is 3. The molecule has 0 atom stereocenters. The molecule has 0 aliphatic carbocycles. The highest BCUT2D eigenvalue weighted by molar-refractivity contribution is 7.11. The highest BCUT2D eigenvalue weighted by atomic mass is 32.1. The number of hydrogen-bond donors (Lipinski definition) is 0. The van der Waals surface area contributed by atoms with Crippen molar-refractivity contribution >= 4 is 11.3 Å². The van der Waals surface area contributed by atoms with E-state index in [4.69, 9.17) is 19.5 Å². The third-order valence-corrected chi connectivity index (χ3v) is 3.83. The van der Waals surface area contributed by atoms with E-state index in [1.807, 2.05) is 24.3 Å². The van der Waals surface area contributed by atoms with Crippen LogP contribution in [0.4, 0.5) is 0 Å². The molecule has 0 fully saturated rings. The quantitative estimate of drug-likeness (QED) is 0.787. The highest BCUT2D eigenvalue weighted by Crippen LogP contribution is 2.28. The third kappa shape index (κ3) is 3.94. The molecule has 0 spiro atoms. The number of nitrogens with zero attached hydrogens (tertiary/aromatic N) is 2. The minimum atomic E-state index is 0.338. The number of nitriles is 1. The van der Waals surface area contributed by atoms with Crippen LogP contribution in [0.15, 0.2) is 24.3 Å². The van der Waals surface area contributed by atoms with E-state index in [0.717, 1.165) is 15.6 Å². The fourth-order valence-corrected chi connectivity index (χ4v) is 2.75. The molecule has 1 heterocycles. The summed E-state index contributed by atoms with van der Waals surface area (Å²) in [7, 11) is 3.22. The number of benzene rings is 1. The molecule has 6 heteroatoms. The summed E-state index contributed by atoms with van der Waals surface area (Å²) in [4.78, 5) is 5.39. The number of hydrogen-bond acceptors (Lipinski definition) is 6. The van der Waals surface area contributed by atoms with E-state index in [1.165, 1.54) is 11.3 Å². The lowest BCUT2D eigenvalue weighted by atomic mass is 10.3. The van der Waals surface area contributed by atoms with Crippen LogP contribution >= 0.6 is 11.3 Å². The van der Waals surface area contributed by atoms with Crippen molar-refractivity contribution in [2.24, 2.45) is 0 Å². The second kappa shape index (κ2) is 7.62. The Hall–Kier alpha value is -2.10. The fourth-order valence-electron chi connectivity index (χ4n) is 1.84. The zero-order valence-electron chi connectivity index (χ0n) is 12.0. The number of para-hydroxylation sites is 2. The molecule has 0 aliphatic heterocycles. The summed E-state index contributed by atoms with van der Waals surface area (Å²) in [6.07, 6.45) is 0.338. The maximum Gasteiger partial charge on any atom is 0.161 e. The van der Waals surface area contributed by atoms with Crippen molar-refractivity contribution in [3.8, 4) is 17.6 Å². The Kier molecular flexibility index (Phi) is 5.55. The van der Waals surface area contributed by atoms with Crippen LogP contribution in [0.5, 0.6) is 11.5 Å². The topological polar surface area (TPSA) is 64.4 Å². The Balaban J connectivity index is 2.09. The number of rotatable bonds is 7. The lowest BCUT2D eigenvalue weighted by Gasteiger charge is -2.08. The van der Waals surface area contributed by atoms with Crippen molar-refractivity contribution in [2.45, 2.75) is 19.6 Å². The molecule has 0 saturated heterocycles. The molecule has 2 rings (SSSR count). The van der Waals surface area contributed by atoms with Gasteiger partial charge in [-0.1, -0.05) is 12.1 Å². The van der Waals surface area contributed by atoms with Gasteiger partial charge in [0.2, 0.25) is 0 Å². The number of aromatic nitrogens is 1. The predicted molar refractivity (Wildman–Crippen MR) is 79.5 cm³/mol. The Morgan fingerprint density at radius 3 is 2.62 bits per heavy atom. The minimum absolute atomic E-state index is 0.338. The van der Waals surface area contributed by atoms with Gasteiger partial charge in [0.25, 0.3) is 0 Å². The second-order valence-corrected chi connectivity index (χ2v) is 5.35. The molecule has 110 valence electrons. The highest BCUT2D eigenvalue weighted by Gasteiger charge is 2.12. The van der Waals surface area contributed by atoms with Crippen LogP contribution < -0.4 is 9.47 Å². The summed E-state index contributed by atoms with van der Waals surface area (Å²) < 4.78 is 16.1. The summed E-state index contributed by atoms with van der Waals surface area (Å²) in [5, 5.41) is 9.66. The monoisotopic (exact) mass is 304 g/mol. The van der Waals surface area contributed by atoms with Crippen LogP contribution in [-0.4, -0.2) is 19.2 Å². The van der Waals surface area contributed by atoms with Gasteiger partial charge in [0.1, 0.15) is 11.6 Å². The molecule has 0 aliphatic rings. The minimum Gasteiger partial charge on any atom is -0.493 e. The zero-order valence-corrected chi connectivity index (χ0v) is 12.8. The molecule has 0 N–H and O–H groups in total. The lowest BCUT2D eigenvalue weighted by Crippen LogP contribution is -1.98. The number of thiazole rings is 1. The zero-order chi connectivity index (χ0) is 15.1. The van der Waals surface area contributed by atoms with E-state index in [9.17, 15) is 0 Å². The van der Waals surface area contributed by atoms with Crippen molar-refractivity contribution in [3.05, 3.63) is 39.8 Å². The largest absolute Gasteiger partial charge is 0.493 e. The first kappa shape index (κ1) is 15.3. The predicted octanol–water partition coefficient (Wildman–Crippen LogP) is 2.94. The van der Waals surface area contributed by atoms with Crippen molar-refractivity contribution in [3.63, 3.8) is 0 Å². The van der Waals surface area contributed by atoms with Gasteiger partial charge in [-0.2, -0.15) is 5.26 Å². The van der Waals surface area contributed by atoms with Gasteiger partial charge in [-0.15, -0.1) is 11.3 Å². The van der Waals surface area contributed by atoms with Crippen LogP contribution in [0, 0.1) is 11.3 Å². The molecule has 0 bridgehead atoms. The van der Waals surface area contributed by atoms with E-state index < -0.39 is 0 Å². The van der Waals surface area contributed by atoms with E-state index >= 15 is 0 Å². The van der Waals surface area contributed by atoms with E-state index in [2.05, 4.69) is 11.1 Å². The average Bonchev–Trinajstić information content (AvgIpc) is 2.88. The van der Waals surface area contributed by atoms with Gasteiger partial charge in [0.15, 0.2) is 11.5 Å². The molecule has 21 heavy (non-hydrogen) atoms. The number of methoxy groups -OCH3 is 2. The fraction of sp³-hybridized carbons (Fsp3) is 0.333. The first-order valence-corrected chi connectivity index (χ1v) is 7.19. The standard InChI is InChI=1S/C15H16N2O3S/c1-18-9-11-14(7-8-16)21-15(17-11)10-20-13-6-4-3-5-12(13)19-2/h3-6H,7,9-10H2,1-2H3. The first-order valence-electron chi connectivity index (χ1n) is 6.37. The summed E-state index contributed by atoms with van der Waals surface area (Å²) in [6, 6.07) is 9.60.